The first-order valence-corrected chi connectivity index (χ1v) is 31.3. The van der Waals surface area contributed by atoms with Gasteiger partial charge < -0.3 is 54.4 Å². The van der Waals surface area contributed by atoms with E-state index in [9.17, 15) is 24.6 Å². The molecule has 2 bridgehead atoms. The molecular weight excluding hydrogens is 1100 g/mol. The highest BCUT2D eigenvalue weighted by Crippen LogP contribution is 2.49. The molecule has 4 aromatic heterocycles. The van der Waals surface area contributed by atoms with Gasteiger partial charge in [0.1, 0.15) is 36.7 Å². The van der Waals surface area contributed by atoms with Crippen LogP contribution < -0.4 is 25.2 Å². The molecular formula is C64H74N12O8S. The molecule has 4 unspecified atom stereocenters. The number of likely N-dealkylation sites (tertiary alicyclic amines) is 1. The lowest BCUT2D eigenvalue weighted by Crippen LogP contribution is -2.51. The Kier molecular flexibility index (Phi) is 14.4. The Morgan fingerprint density at radius 2 is 1.73 bits per heavy atom. The van der Waals surface area contributed by atoms with Crippen LogP contribution in [-0.4, -0.2) is 169 Å². The normalized spacial score (nSPS) is 25.2. The number of hydrogen-bond donors (Lipinski definition) is 4. The predicted molar refractivity (Wildman–Crippen MR) is 323 cm³/mol. The molecule has 0 spiro atoms. The summed E-state index contributed by atoms with van der Waals surface area (Å²) in [5, 5.41) is 36.0. The summed E-state index contributed by atoms with van der Waals surface area (Å²) >= 11 is 1.59. The number of nitrogens with one attached hydrogen (secondary N) is 2. The fraction of sp³-hybridized carbons (Fsp3) is 0.500. The highest BCUT2D eigenvalue weighted by Gasteiger charge is 2.51. The number of carbonyl (C=O) groups excluding carboxylic acids is 3. The number of benzene rings is 3. The molecule has 10 heterocycles. The average Bonchev–Trinajstić information content (AvgIpc) is 1.94. The van der Waals surface area contributed by atoms with Gasteiger partial charge in [-0.1, -0.05) is 68.4 Å². The Morgan fingerprint density at radius 1 is 0.929 bits per heavy atom. The van der Waals surface area contributed by atoms with Gasteiger partial charge in [-0.25, -0.2) is 9.78 Å². The number of nitrogens with zero attached hydrogens (tertiary/aromatic N) is 10. The zero-order chi connectivity index (χ0) is 58.4. The van der Waals surface area contributed by atoms with Gasteiger partial charge >= 0.3 is 12.1 Å². The smallest absolute Gasteiger partial charge is 0.409 e. The number of hydrogen-bond acceptors (Lipinski definition) is 18. The van der Waals surface area contributed by atoms with Crippen LogP contribution in [0.5, 0.6) is 11.8 Å². The zero-order valence-corrected chi connectivity index (χ0v) is 49.7. The van der Waals surface area contributed by atoms with Crippen molar-refractivity contribution in [2.75, 3.05) is 75.4 Å². The van der Waals surface area contributed by atoms with Crippen LogP contribution in [0.15, 0.2) is 76.9 Å². The van der Waals surface area contributed by atoms with Crippen LogP contribution in [0.2, 0.25) is 0 Å². The summed E-state index contributed by atoms with van der Waals surface area (Å²) in [6.07, 6.45) is 6.87. The van der Waals surface area contributed by atoms with E-state index in [1.54, 1.807) is 22.3 Å². The number of piperazine rings is 2. The Bertz CT molecular complexity index is 3710. The third-order valence-electron chi connectivity index (χ3n) is 19.6. The van der Waals surface area contributed by atoms with Crippen LogP contribution in [0, 0.1) is 12.8 Å². The summed E-state index contributed by atoms with van der Waals surface area (Å²) in [6, 6.07) is 19.8. The van der Waals surface area contributed by atoms with Gasteiger partial charge in [-0.15, -0.1) is 11.3 Å². The van der Waals surface area contributed by atoms with Crippen LogP contribution in [0.3, 0.4) is 0 Å². The van der Waals surface area contributed by atoms with Gasteiger partial charge in [-0.3, -0.25) is 19.5 Å². The third-order valence-corrected chi connectivity index (χ3v) is 20.5. The molecule has 21 heteroatoms. The second kappa shape index (κ2) is 22.1. The monoisotopic (exact) mass is 1170 g/mol. The summed E-state index contributed by atoms with van der Waals surface area (Å²) in [6.45, 7) is 15.1. The standard InChI is InChI=1S/C64H74N12O8S/c1-35(2)53(61(80)75-31-46(78)26-50(75)60(79)67-37(4)39-10-12-40(13-11-39)58-38(5)66-34-85-58)51-27-52(71-84-51)72-20-22-73(23-21-72)63(81)82-32-44-16-18-64(17-7-19-76(44)64)33-83-62-69-57-49(59(70-62)74-29-42-14-15-43(30-74)68-42)28-65-56-48-25-45(77)24-41-8-6-9-47(55(41)48)36(3)54(56)57/h6,8-13,24-25,27-28,34-37,42-44,46,50,53,68,77-78H,7,14-23,26,29-33H2,1-5H3,(H,67,79)/t36?,37?,42?,43?,44-,46+,50-,53+,64+/m0/s1. The molecule has 1 aliphatic carbocycles. The van der Waals surface area contributed by atoms with Gasteiger partial charge in [0.15, 0.2) is 11.6 Å². The second-order valence-electron chi connectivity index (χ2n) is 25.2. The molecule has 20 nitrogen and oxygen atoms in total. The predicted octanol–water partition coefficient (Wildman–Crippen LogP) is 8.29. The molecule has 85 heavy (non-hydrogen) atoms. The number of ether oxygens (including phenoxy) is 2. The van der Waals surface area contributed by atoms with Crippen LogP contribution in [0.1, 0.15) is 119 Å². The molecule has 7 aliphatic rings. The molecule has 6 fully saturated rings. The van der Waals surface area contributed by atoms with Crippen molar-refractivity contribution in [1.29, 1.82) is 0 Å². The van der Waals surface area contributed by atoms with E-state index in [0.717, 1.165) is 124 Å². The van der Waals surface area contributed by atoms with Crippen molar-refractivity contribution in [2.45, 2.75) is 133 Å². The minimum atomic E-state index is -0.854. The van der Waals surface area contributed by atoms with Gasteiger partial charge in [-0.05, 0) is 104 Å². The van der Waals surface area contributed by atoms with E-state index >= 15 is 0 Å². The lowest BCUT2D eigenvalue weighted by Gasteiger charge is -2.36. The van der Waals surface area contributed by atoms with Crippen molar-refractivity contribution in [3.05, 3.63) is 101 Å². The number of carbonyl (C=O) groups is 3. The maximum absolute atomic E-state index is 14.5. The molecule has 444 valence electrons. The van der Waals surface area contributed by atoms with Gasteiger partial charge in [0.25, 0.3) is 0 Å². The number of aryl methyl sites for hydroxylation is 1. The highest BCUT2D eigenvalue weighted by molar-refractivity contribution is 7.13. The Balaban J connectivity index is 0.605. The maximum atomic E-state index is 14.5. The number of aliphatic hydroxyl groups is 1. The van der Waals surface area contributed by atoms with Crippen LogP contribution in [0.25, 0.3) is 43.4 Å². The van der Waals surface area contributed by atoms with E-state index in [2.05, 4.69) is 49.6 Å². The molecule has 6 aliphatic heterocycles. The van der Waals surface area contributed by atoms with E-state index in [4.69, 9.17) is 28.9 Å². The van der Waals surface area contributed by atoms with Gasteiger partial charge in [0.05, 0.1) is 50.4 Å². The van der Waals surface area contributed by atoms with E-state index in [-0.39, 0.29) is 72.7 Å². The molecule has 3 amide bonds. The molecule has 9 atom stereocenters. The number of amides is 3. The van der Waals surface area contributed by atoms with Crippen LogP contribution in [-0.2, 0) is 14.3 Å². The van der Waals surface area contributed by atoms with Crippen molar-refractivity contribution in [2.24, 2.45) is 5.92 Å². The summed E-state index contributed by atoms with van der Waals surface area (Å²) in [4.78, 5) is 73.5. The van der Waals surface area contributed by atoms with Crippen molar-refractivity contribution < 1.29 is 38.6 Å². The number of β-amino-alcohol motifs (C(OH)–C–C–N with tert-alkyl or cyclic N) is 1. The molecule has 0 radical (unpaired) electrons. The van der Waals surface area contributed by atoms with E-state index in [0.29, 0.717) is 62.5 Å². The molecule has 4 N–H and O–H groups in total. The highest BCUT2D eigenvalue weighted by atomic mass is 32.1. The number of pyridine rings is 1. The number of phenols is 1. The number of fused-ring (bicyclic) bond motifs is 7. The fourth-order valence-corrected chi connectivity index (χ4v) is 16.0. The molecule has 0 saturated carbocycles. The first kappa shape index (κ1) is 55.4. The number of rotatable bonds is 14. The summed E-state index contributed by atoms with van der Waals surface area (Å²) in [5.41, 5.74) is 9.29. The Morgan fingerprint density at radius 3 is 2.49 bits per heavy atom. The van der Waals surface area contributed by atoms with Crippen molar-refractivity contribution in [3.63, 3.8) is 0 Å². The van der Waals surface area contributed by atoms with E-state index in [1.807, 2.05) is 86.8 Å². The molecule has 14 rings (SSSR count). The van der Waals surface area contributed by atoms with E-state index in [1.165, 1.54) is 10.5 Å². The first-order valence-electron chi connectivity index (χ1n) is 30.5. The molecule has 3 aromatic carbocycles. The third kappa shape index (κ3) is 10.1. The first-order chi connectivity index (χ1) is 41.2. The minimum Gasteiger partial charge on any atom is -0.508 e. The van der Waals surface area contributed by atoms with Crippen molar-refractivity contribution >= 4 is 62.6 Å². The Labute approximate surface area is 497 Å². The number of aromatic nitrogens is 5. The number of thiazole rings is 1. The van der Waals surface area contributed by atoms with Crippen molar-refractivity contribution in [3.8, 4) is 33.5 Å². The molecule has 6 saturated heterocycles. The quantitative estimate of drug-likeness (QED) is 0.0803. The largest absolute Gasteiger partial charge is 0.508 e. The minimum absolute atomic E-state index is 0.0165. The van der Waals surface area contributed by atoms with Crippen molar-refractivity contribution in [1.82, 2.24) is 50.4 Å². The number of phenolic OH excluding ortho intramolecular Hbond substituents is 1. The SMILES string of the molecule is Cc1ncsc1-c1ccc(C(C)NC(=O)[C@@H]2C[C@@H](O)CN2C(=O)[C@@H](c2cc(N3CCN(C(=O)OC[C@@H]4CC[C@@]5(COc6nc(N7CC8CCC(C7)N8)c7cnc8c(c7n6)C(C)c6cccc7cc(O)cc-8c67)CCCN45)CC3)no2)C(C)C)cc1. The lowest BCUT2D eigenvalue weighted by atomic mass is 9.79. The number of aliphatic hydroxyl groups excluding tert-OH is 1. The summed E-state index contributed by atoms with van der Waals surface area (Å²) in [5.74, 6) is 0.415. The fourth-order valence-electron chi connectivity index (χ4n) is 15.2. The van der Waals surface area contributed by atoms with Gasteiger partial charge in [-0.2, -0.15) is 9.97 Å². The van der Waals surface area contributed by atoms with Gasteiger partial charge in [0, 0.05) is 99.7 Å². The Hall–Kier alpha value is -7.46. The lowest BCUT2D eigenvalue weighted by molar-refractivity contribution is -0.141. The van der Waals surface area contributed by atoms with Gasteiger partial charge in [0.2, 0.25) is 11.8 Å². The maximum Gasteiger partial charge on any atom is 0.409 e. The average molecular weight is 1170 g/mol. The number of anilines is 2. The molecule has 7 aromatic rings. The van der Waals surface area contributed by atoms with Crippen LogP contribution in [0.4, 0.5) is 16.4 Å². The summed E-state index contributed by atoms with van der Waals surface area (Å²) < 4.78 is 18.9. The topological polar surface area (TPSA) is 228 Å². The second-order valence-corrected chi connectivity index (χ2v) is 26.0. The van der Waals surface area contributed by atoms with E-state index < -0.39 is 18.1 Å². The zero-order valence-electron chi connectivity index (χ0n) is 48.9. The summed E-state index contributed by atoms with van der Waals surface area (Å²) in [7, 11) is 0. The van der Waals surface area contributed by atoms with Crippen LogP contribution >= 0.6 is 11.3 Å². The number of aromatic hydroxyl groups is 1.